The van der Waals surface area contributed by atoms with E-state index >= 15 is 0 Å². The van der Waals surface area contributed by atoms with Crippen molar-refractivity contribution in [2.75, 3.05) is 13.1 Å². The molecule has 16 heavy (non-hydrogen) atoms. The van der Waals surface area contributed by atoms with Crippen molar-refractivity contribution in [1.29, 1.82) is 0 Å². The van der Waals surface area contributed by atoms with Crippen molar-refractivity contribution in [3.63, 3.8) is 0 Å². The molecule has 0 radical (unpaired) electrons. The van der Waals surface area contributed by atoms with Gasteiger partial charge >= 0.3 is 0 Å². The molecule has 0 bridgehead atoms. The van der Waals surface area contributed by atoms with Crippen LogP contribution >= 0.6 is 15.9 Å². The Morgan fingerprint density at radius 2 is 2.31 bits per heavy atom. The maximum atomic E-state index is 12.9. The molecule has 0 saturated heterocycles. The molecule has 1 aromatic rings. The highest BCUT2D eigenvalue weighted by atomic mass is 79.9. The Bertz CT molecular complexity index is 426. The quantitative estimate of drug-likeness (QED) is 0.661. The SMILES string of the molecule is C#CCNCC(=O)Cc1ccc(F)c(Br)c1. The van der Waals surface area contributed by atoms with Crippen molar-refractivity contribution in [3.8, 4) is 12.3 Å². The average molecular weight is 284 g/mol. The first kappa shape index (κ1) is 12.9. The highest BCUT2D eigenvalue weighted by Gasteiger charge is 2.05. The van der Waals surface area contributed by atoms with Gasteiger partial charge in [0.25, 0.3) is 0 Å². The highest BCUT2D eigenvalue weighted by molar-refractivity contribution is 9.10. The van der Waals surface area contributed by atoms with Crippen LogP contribution in [-0.2, 0) is 11.2 Å². The first-order chi connectivity index (χ1) is 7.63. The van der Waals surface area contributed by atoms with Crippen LogP contribution in [0.15, 0.2) is 22.7 Å². The van der Waals surface area contributed by atoms with Crippen molar-refractivity contribution in [2.45, 2.75) is 6.42 Å². The van der Waals surface area contributed by atoms with Gasteiger partial charge in [-0.1, -0.05) is 12.0 Å². The van der Waals surface area contributed by atoms with Crippen molar-refractivity contribution < 1.29 is 9.18 Å². The lowest BCUT2D eigenvalue weighted by Crippen LogP contribution is -2.24. The number of benzene rings is 1. The molecule has 1 aromatic carbocycles. The molecular weight excluding hydrogens is 273 g/mol. The molecule has 0 unspecified atom stereocenters. The third-order valence-electron chi connectivity index (χ3n) is 1.93. The summed E-state index contributed by atoms with van der Waals surface area (Å²) >= 11 is 3.07. The summed E-state index contributed by atoms with van der Waals surface area (Å²) in [5.74, 6) is 2.07. The van der Waals surface area contributed by atoms with Crippen LogP contribution in [0.2, 0.25) is 0 Å². The van der Waals surface area contributed by atoms with Crippen LogP contribution in [0.3, 0.4) is 0 Å². The Labute approximate surface area is 102 Å². The number of nitrogens with one attached hydrogen (secondary N) is 1. The van der Waals surface area contributed by atoms with Gasteiger partial charge in [-0.05, 0) is 33.6 Å². The number of hydrogen-bond donors (Lipinski definition) is 1. The van der Waals surface area contributed by atoms with Crippen molar-refractivity contribution in [3.05, 3.63) is 34.1 Å². The molecule has 0 fully saturated rings. The normalized spacial score (nSPS) is 9.81. The van der Waals surface area contributed by atoms with E-state index in [1.807, 2.05) is 0 Å². The third kappa shape index (κ3) is 4.13. The minimum absolute atomic E-state index is 0.0220. The standard InChI is InChI=1S/C12H11BrFNO/c1-2-5-15-8-10(16)6-9-3-4-12(14)11(13)7-9/h1,3-4,7,15H,5-6,8H2. The Hall–Kier alpha value is -1.18. The van der Waals surface area contributed by atoms with Crippen LogP contribution in [0.4, 0.5) is 4.39 Å². The lowest BCUT2D eigenvalue weighted by atomic mass is 10.1. The van der Waals surface area contributed by atoms with E-state index in [2.05, 4.69) is 27.2 Å². The summed E-state index contributed by atoms with van der Waals surface area (Å²) in [6.07, 6.45) is 5.31. The second-order valence-corrected chi connectivity index (χ2v) is 4.13. The molecule has 0 aromatic heterocycles. The first-order valence-corrected chi connectivity index (χ1v) is 5.52. The highest BCUT2D eigenvalue weighted by Crippen LogP contribution is 2.17. The summed E-state index contributed by atoms with van der Waals surface area (Å²) in [5, 5.41) is 2.81. The number of carbonyl (C=O) groups excluding carboxylic acids is 1. The monoisotopic (exact) mass is 283 g/mol. The van der Waals surface area contributed by atoms with Crippen LogP contribution < -0.4 is 5.32 Å². The molecule has 1 rings (SSSR count). The number of Topliss-reactive ketones (excluding diaryl/α,β-unsaturated/α-hetero) is 1. The minimum Gasteiger partial charge on any atom is -0.299 e. The summed E-state index contributed by atoms with van der Waals surface area (Å²) in [6, 6.07) is 4.54. The topological polar surface area (TPSA) is 29.1 Å². The molecule has 0 spiro atoms. The number of ketones is 1. The fraction of sp³-hybridized carbons (Fsp3) is 0.250. The molecule has 4 heteroatoms. The van der Waals surface area contributed by atoms with Gasteiger partial charge in [0, 0.05) is 6.42 Å². The van der Waals surface area contributed by atoms with Gasteiger partial charge in [0.1, 0.15) is 5.82 Å². The van der Waals surface area contributed by atoms with Gasteiger partial charge in [0.2, 0.25) is 0 Å². The predicted octanol–water partition coefficient (Wildman–Crippen LogP) is 1.92. The van der Waals surface area contributed by atoms with Crippen molar-refractivity contribution in [1.82, 2.24) is 5.32 Å². The Balaban J connectivity index is 2.50. The van der Waals surface area contributed by atoms with Crippen LogP contribution in [0.5, 0.6) is 0 Å². The summed E-state index contributed by atoms with van der Waals surface area (Å²) in [6.45, 7) is 0.609. The number of carbonyl (C=O) groups is 1. The van der Waals surface area contributed by atoms with E-state index in [0.29, 0.717) is 11.0 Å². The van der Waals surface area contributed by atoms with Crippen LogP contribution in [0.25, 0.3) is 0 Å². The van der Waals surface area contributed by atoms with Gasteiger partial charge in [-0.25, -0.2) is 4.39 Å². The third-order valence-corrected chi connectivity index (χ3v) is 2.54. The molecule has 0 aliphatic rings. The summed E-state index contributed by atoms with van der Waals surface area (Å²) in [5.41, 5.74) is 0.779. The molecule has 0 heterocycles. The molecule has 0 aliphatic heterocycles. The first-order valence-electron chi connectivity index (χ1n) is 4.73. The molecule has 0 atom stereocenters. The number of halogens is 2. The molecular formula is C12H11BrFNO. The predicted molar refractivity (Wildman–Crippen MR) is 64.5 cm³/mol. The molecule has 0 saturated carbocycles. The summed E-state index contributed by atoms with van der Waals surface area (Å²) in [7, 11) is 0. The summed E-state index contributed by atoms with van der Waals surface area (Å²) in [4.78, 5) is 11.4. The van der Waals surface area contributed by atoms with Gasteiger partial charge in [-0.15, -0.1) is 6.42 Å². The van der Waals surface area contributed by atoms with Crippen LogP contribution in [0.1, 0.15) is 5.56 Å². The van der Waals surface area contributed by atoms with Crippen molar-refractivity contribution >= 4 is 21.7 Å². The second kappa shape index (κ2) is 6.41. The maximum Gasteiger partial charge on any atom is 0.150 e. The number of rotatable bonds is 5. The second-order valence-electron chi connectivity index (χ2n) is 3.27. The Kier molecular flexibility index (Phi) is 5.17. The van der Waals surface area contributed by atoms with Gasteiger partial charge in [-0.2, -0.15) is 0 Å². The smallest absolute Gasteiger partial charge is 0.150 e. The fourth-order valence-electron chi connectivity index (χ4n) is 1.21. The van der Waals surface area contributed by atoms with E-state index in [0.717, 1.165) is 5.56 Å². The molecule has 0 aliphatic carbocycles. The summed E-state index contributed by atoms with van der Waals surface area (Å²) < 4.78 is 13.3. The van der Waals surface area contributed by atoms with E-state index in [4.69, 9.17) is 6.42 Å². The maximum absolute atomic E-state index is 12.9. The zero-order chi connectivity index (χ0) is 12.0. The lowest BCUT2D eigenvalue weighted by Gasteiger charge is -2.03. The van der Waals surface area contributed by atoms with Crippen molar-refractivity contribution in [2.24, 2.45) is 0 Å². The van der Waals surface area contributed by atoms with Crippen LogP contribution in [0, 0.1) is 18.2 Å². The van der Waals surface area contributed by atoms with Gasteiger partial charge in [0.15, 0.2) is 5.78 Å². The molecule has 2 nitrogen and oxygen atoms in total. The fourth-order valence-corrected chi connectivity index (χ4v) is 1.64. The van der Waals surface area contributed by atoms with E-state index < -0.39 is 0 Å². The lowest BCUT2D eigenvalue weighted by molar-refractivity contribution is -0.117. The van der Waals surface area contributed by atoms with E-state index in [-0.39, 0.29) is 24.6 Å². The van der Waals surface area contributed by atoms with Gasteiger partial charge < -0.3 is 0 Å². The van der Waals surface area contributed by atoms with Gasteiger partial charge in [0.05, 0.1) is 17.6 Å². The van der Waals surface area contributed by atoms with Gasteiger partial charge in [-0.3, -0.25) is 10.1 Å². The molecule has 1 N–H and O–H groups in total. The van der Waals surface area contributed by atoms with Crippen LogP contribution in [-0.4, -0.2) is 18.9 Å². The van der Waals surface area contributed by atoms with E-state index in [9.17, 15) is 9.18 Å². The Morgan fingerprint density at radius 1 is 1.56 bits per heavy atom. The Morgan fingerprint density at radius 3 is 2.94 bits per heavy atom. The zero-order valence-corrected chi connectivity index (χ0v) is 10.2. The number of hydrogen-bond acceptors (Lipinski definition) is 2. The largest absolute Gasteiger partial charge is 0.299 e. The van der Waals surface area contributed by atoms with E-state index in [1.165, 1.54) is 6.07 Å². The average Bonchev–Trinajstić information content (AvgIpc) is 2.24. The number of terminal acetylenes is 1. The molecule has 0 amide bonds. The zero-order valence-electron chi connectivity index (χ0n) is 8.59. The van der Waals surface area contributed by atoms with E-state index in [1.54, 1.807) is 12.1 Å². The minimum atomic E-state index is -0.332. The molecule has 84 valence electrons.